The molecule has 3 aromatic heterocycles. The summed E-state index contributed by atoms with van der Waals surface area (Å²) in [5, 5.41) is 10.2. The van der Waals surface area contributed by atoms with Gasteiger partial charge in [0.15, 0.2) is 11.5 Å². The molecule has 0 spiro atoms. The van der Waals surface area contributed by atoms with E-state index in [0.29, 0.717) is 17.1 Å². The van der Waals surface area contributed by atoms with Gasteiger partial charge in [-0.25, -0.2) is 14.5 Å². The summed E-state index contributed by atoms with van der Waals surface area (Å²) in [5.41, 5.74) is 0.303. The molecule has 23 heavy (non-hydrogen) atoms. The van der Waals surface area contributed by atoms with E-state index in [2.05, 4.69) is 20.4 Å². The molecule has 0 aliphatic rings. The number of hydrogen-bond acceptors (Lipinski definition) is 6. The van der Waals surface area contributed by atoms with Gasteiger partial charge in [-0.2, -0.15) is 4.68 Å². The van der Waals surface area contributed by atoms with Crippen LogP contribution in [-0.2, 0) is 4.74 Å². The highest BCUT2D eigenvalue weighted by molar-refractivity contribution is 5.89. The minimum absolute atomic E-state index is 0. The van der Waals surface area contributed by atoms with Gasteiger partial charge in [-0.1, -0.05) is 5.21 Å². The molecule has 3 heterocycles. The number of H-pyrrole nitrogens is 1. The normalized spacial score (nSPS) is 10.1. The first-order valence-corrected chi connectivity index (χ1v) is 6.51. The van der Waals surface area contributed by atoms with Crippen molar-refractivity contribution in [3.05, 3.63) is 52.8 Å². The van der Waals surface area contributed by atoms with Crippen molar-refractivity contribution in [3.63, 3.8) is 0 Å². The monoisotopic (exact) mass is 336 g/mol. The smallest absolute Gasteiger partial charge is 0.339 e. The van der Waals surface area contributed by atoms with Crippen LogP contribution >= 0.6 is 12.4 Å². The molecule has 9 nitrogen and oxygen atoms in total. The zero-order valence-corrected chi connectivity index (χ0v) is 12.9. The summed E-state index contributed by atoms with van der Waals surface area (Å²) in [4.78, 5) is 28.0. The summed E-state index contributed by atoms with van der Waals surface area (Å²) in [6, 6.07) is 3.10. The van der Waals surface area contributed by atoms with Gasteiger partial charge in [-0.15, -0.1) is 17.5 Å². The third-order valence-corrected chi connectivity index (χ3v) is 2.91. The topological polar surface area (TPSA) is 108 Å². The Balaban J connectivity index is 0.00000192. The predicted octanol–water partition coefficient (Wildman–Crippen LogP) is 0.740. The maximum Gasteiger partial charge on any atom is 0.339 e. The van der Waals surface area contributed by atoms with Gasteiger partial charge in [0.25, 0.3) is 5.56 Å². The molecule has 1 N–H and O–H groups in total. The Morgan fingerprint density at radius 3 is 2.83 bits per heavy atom. The van der Waals surface area contributed by atoms with Gasteiger partial charge in [0.2, 0.25) is 0 Å². The SMILES string of the molecule is CCOC(=O)c1ccc(-n2[nH]cc(-n3ccnn3)c2=O)nc1.Cl. The fourth-order valence-corrected chi connectivity index (χ4v) is 1.89. The second kappa shape index (κ2) is 6.88. The predicted molar refractivity (Wildman–Crippen MR) is 82.3 cm³/mol. The molecular weight excluding hydrogens is 324 g/mol. The van der Waals surface area contributed by atoms with Crippen LogP contribution in [0.25, 0.3) is 11.5 Å². The molecule has 0 saturated heterocycles. The first kappa shape index (κ1) is 16.4. The maximum atomic E-state index is 12.3. The molecule has 0 aromatic carbocycles. The minimum Gasteiger partial charge on any atom is -0.462 e. The molecule has 3 rings (SSSR count). The molecule has 0 unspecified atom stereocenters. The molecule has 0 fully saturated rings. The molecule has 120 valence electrons. The lowest BCUT2D eigenvalue weighted by molar-refractivity contribution is 0.0526. The van der Waals surface area contributed by atoms with E-state index in [1.165, 1.54) is 28.0 Å². The number of halogens is 1. The van der Waals surface area contributed by atoms with E-state index in [-0.39, 0.29) is 24.6 Å². The highest BCUT2D eigenvalue weighted by atomic mass is 35.5. The van der Waals surface area contributed by atoms with Gasteiger partial charge in [0.1, 0.15) is 0 Å². The lowest BCUT2D eigenvalue weighted by atomic mass is 10.3. The van der Waals surface area contributed by atoms with Crippen molar-refractivity contribution in [2.75, 3.05) is 6.61 Å². The van der Waals surface area contributed by atoms with E-state index in [1.807, 2.05) is 0 Å². The zero-order chi connectivity index (χ0) is 15.5. The van der Waals surface area contributed by atoms with Crippen LogP contribution in [-0.4, -0.2) is 42.3 Å². The third-order valence-electron chi connectivity index (χ3n) is 2.91. The van der Waals surface area contributed by atoms with Crippen molar-refractivity contribution in [3.8, 4) is 11.5 Å². The summed E-state index contributed by atoms with van der Waals surface area (Å²) >= 11 is 0. The van der Waals surface area contributed by atoms with Crippen LogP contribution in [0, 0.1) is 0 Å². The molecular formula is C13H13ClN6O3. The van der Waals surface area contributed by atoms with Gasteiger partial charge < -0.3 is 4.74 Å². The summed E-state index contributed by atoms with van der Waals surface area (Å²) in [5.74, 6) is -0.104. The average Bonchev–Trinajstić information content (AvgIpc) is 3.17. The lowest BCUT2D eigenvalue weighted by Gasteiger charge is -2.03. The highest BCUT2D eigenvalue weighted by Crippen LogP contribution is 2.06. The molecule has 0 aliphatic heterocycles. The molecule has 0 aliphatic carbocycles. The number of pyridine rings is 1. The van der Waals surface area contributed by atoms with E-state index < -0.39 is 5.97 Å². The minimum atomic E-state index is -0.455. The van der Waals surface area contributed by atoms with Crippen LogP contribution in [0.5, 0.6) is 0 Å². The largest absolute Gasteiger partial charge is 0.462 e. The quantitative estimate of drug-likeness (QED) is 0.704. The van der Waals surface area contributed by atoms with Crippen molar-refractivity contribution in [2.45, 2.75) is 6.92 Å². The van der Waals surface area contributed by atoms with Crippen LogP contribution in [0.4, 0.5) is 0 Å². The highest BCUT2D eigenvalue weighted by Gasteiger charge is 2.12. The number of rotatable bonds is 4. The van der Waals surface area contributed by atoms with Crippen LogP contribution < -0.4 is 5.56 Å². The fraction of sp³-hybridized carbons (Fsp3) is 0.154. The summed E-state index contributed by atoms with van der Waals surface area (Å²) in [6.07, 6.45) is 5.89. The van der Waals surface area contributed by atoms with E-state index in [0.717, 1.165) is 0 Å². The Morgan fingerprint density at radius 2 is 2.22 bits per heavy atom. The summed E-state index contributed by atoms with van der Waals surface area (Å²) < 4.78 is 7.47. The van der Waals surface area contributed by atoms with Gasteiger partial charge in [0, 0.05) is 6.20 Å². The number of hydrogen-bond donors (Lipinski definition) is 1. The van der Waals surface area contributed by atoms with Crippen molar-refractivity contribution >= 4 is 18.4 Å². The lowest BCUT2D eigenvalue weighted by Crippen LogP contribution is -2.19. The summed E-state index contributed by atoms with van der Waals surface area (Å²) in [7, 11) is 0. The Hall–Kier alpha value is -2.94. The van der Waals surface area contributed by atoms with Crippen molar-refractivity contribution in [1.29, 1.82) is 0 Å². The third kappa shape index (κ3) is 3.14. The first-order chi connectivity index (χ1) is 10.7. The van der Waals surface area contributed by atoms with Crippen molar-refractivity contribution in [2.24, 2.45) is 0 Å². The molecule has 0 atom stereocenters. The average molecular weight is 337 g/mol. The Labute approximate surface area is 136 Å². The second-order valence-corrected chi connectivity index (χ2v) is 4.27. The Morgan fingerprint density at radius 1 is 1.39 bits per heavy atom. The van der Waals surface area contributed by atoms with Crippen molar-refractivity contribution in [1.82, 2.24) is 29.8 Å². The standard InChI is InChI=1S/C13H12N6O3.ClH/c1-2-22-13(21)9-3-4-11(14-7-9)19-12(20)10(8-16-19)18-6-5-15-17-18;/h3-8,16H,2H2,1H3;1H. The van der Waals surface area contributed by atoms with Crippen LogP contribution in [0.1, 0.15) is 17.3 Å². The first-order valence-electron chi connectivity index (χ1n) is 6.51. The number of carbonyl (C=O) groups excluding carboxylic acids is 1. The molecule has 0 amide bonds. The van der Waals surface area contributed by atoms with Crippen molar-refractivity contribution < 1.29 is 9.53 Å². The molecule has 0 radical (unpaired) electrons. The van der Waals surface area contributed by atoms with Crippen LogP contribution in [0.2, 0.25) is 0 Å². The van der Waals surface area contributed by atoms with Crippen LogP contribution in [0.15, 0.2) is 41.7 Å². The van der Waals surface area contributed by atoms with E-state index in [1.54, 1.807) is 25.3 Å². The number of aromatic nitrogens is 6. The molecule has 0 bridgehead atoms. The molecule has 0 saturated carbocycles. The number of ether oxygens (including phenoxy) is 1. The number of aromatic amines is 1. The fourth-order valence-electron chi connectivity index (χ4n) is 1.89. The number of nitrogens with zero attached hydrogens (tertiary/aromatic N) is 5. The molecule has 3 aromatic rings. The van der Waals surface area contributed by atoms with E-state index in [4.69, 9.17) is 4.74 Å². The van der Waals surface area contributed by atoms with Gasteiger partial charge in [-0.3, -0.25) is 9.89 Å². The number of carbonyl (C=O) groups is 1. The Bertz CT molecular complexity index is 837. The van der Waals surface area contributed by atoms with Gasteiger partial charge in [-0.05, 0) is 19.1 Å². The Kier molecular flexibility index (Phi) is 4.91. The van der Waals surface area contributed by atoms with Gasteiger partial charge >= 0.3 is 5.97 Å². The number of esters is 1. The van der Waals surface area contributed by atoms with Gasteiger partial charge in [0.05, 0.1) is 30.8 Å². The van der Waals surface area contributed by atoms with E-state index in [9.17, 15) is 9.59 Å². The maximum absolute atomic E-state index is 12.3. The molecule has 10 heteroatoms. The van der Waals surface area contributed by atoms with Crippen LogP contribution in [0.3, 0.4) is 0 Å². The summed E-state index contributed by atoms with van der Waals surface area (Å²) in [6.45, 7) is 2.02. The zero-order valence-electron chi connectivity index (χ0n) is 12.0. The number of nitrogens with one attached hydrogen (secondary N) is 1. The van der Waals surface area contributed by atoms with E-state index >= 15 is 0 Å². The second-order valence-electron chi connectivity index (χ2n) is 4.27.